The Morgan fingerprint density at radius 3 is 2.60 bits per heavy atom. The standard InChI is InChI=1S/C22H25N3O4S/c1-14-15(2)22(30-13-20(26)24-19-7-5-6-10-23-19)25(21(14)27)12-16-8-9-17(28-3)18(11-16)29-4/h5-11,22H,12-13H2,1-4H3,(H,23,24,26). The lowest BCUT2D eigenvalue weighted by Gasteiger charge is -2.26. The minimum absolute atomic E-state index is 0.0232. The molecule has 2 amide bonds. The zero-order valence-corrected chi connectivity index (χ0v) is 18.3. The van der Waals surface area contributed by atoms with Crippen LogP contribution in [-0.2, 0) is 16.1 Å². The van der Waals surface area contributed by atoms with Crippen LogP contribution in [0.4, 0.5) is 5.82 Å². The van der Waals surface area contributed by atoms with Crippen LogP contribution in [0.5, 0.6) is 11.5 Å². The number of anilines is 1. The fraction of sp³-hybridized carbons (Fsp3) is 0.318. The third kappa shape index (κ3) is 4.76. The number of nitrogens with zero attached hydrogens (tertiary/aromatic N) is 2. The average molecular weight is 428 g/mol. The molecule has 0 aliphatic carbocycles. The number of nitrogens with one attached hydrogen (secondary N) is 1. The molecule has 2 aromatic rings. The summed E-state index contributed by atoms with van der Waals surface area (Å²) in [5.41, 5.74) is 2.61. The smallest absolute Gasteiger partial charge is 0.251 e. The number of methoxy groups -OCH3 is 2. The van der Waals surface area contributed by atoms with Gasteiger partial charge >= 0.3 is 0 Å². The number of hydrogen-bond acceptors (Lipinski definition) is 6. The van der Waals surface area contributed by atoms with Gasteiger partial charge in [0.15, 0.2) is 11.5 Å². The van der Waals surface area contributed by atoms with E-state index in [0.29, 0.717) is 23.9 Å². The fourth-order valence-corrected chi connectivity index (χ4v) is 4.38. The van der Waals surface area contributed by atoms with Crippen molar-refractivity contribution in [2.45, 2.75) is 25.8 Å². The Bertz CT molecular complexity index is 962. The van der Waals surface area contributed by atoms with Gasteiger partial charge in [0, 0.05) is 18.3 Å². The van der Waals surface area contributed by atoms with E-state index in [1.165, 1.54) is 11.8 Å². The average Bonchev–Trinajstić information content (AvgIpc) is 2.96. The van der Waals surface area contributed by atoms with Gasteiger partial charge in [-0.05, 0) is 49.2 Å². The predicted octanol–water partition coefficient (Wildman–Crippen LogP) is 3.48. The highest BCUT2D eigenvalue weighted by atomic mass is 32.2. The van der Waals surface area contributed by atoms with Crippen LogP contribution in [0.3, 0.4) is 0 Å². The van der Waals surface area contributed by atoms with E-state index in [2.05, 4.69) is 10.3 Å². The number of rotatable bonds is 8. The van der Waals surface area contributed by atoms with Gasteiger partial charge in [0.25, 0.3) is 5.91 Å². The van der Waals surface area contributed by atoms with Crippen molar-refractivity contribution >= 4 is 29.4 Å². The summed E-state index contributed by atoms with van der Waals surface area (Å²) in [5, 5.41) is 2.57. The van der Waals surface area contributed by atoms with Crippen LogP contribution < -0.4 is 14.8 Å². The molecule has 0 spiro atoms. The van der Waals surface area contributed by atoms with Crippen molar-refractivity contribution in [3.63, 3.8) is 0 Å². The van der Waals surface area contributed by atoms with Gasteiger partial charge in [-0.2, -0.15) is 0 Å². The molecule has 8 heteroatoms. The first-order chi connectivity index (χ1) is 14.4. The predicted molar refractivity (Wildman–Crippen MR) is 118 cm³/mol. The van der Waals surface area contributed by atoms with E-state index < -0.39 is 0 Å². The van der Waals surface area contributed by atoms with E-state index in [1.54, 1.807) is 37.4 Å². The number of benzene rings is 1. The van der Waals surface area contributed by atoms with Gasteiger partial charge < -0.3 is 19.7 Å². The molecule has 1 unspecified atom stereocenters. The highest BCUT2D eigenvalue weighted by Gasteiger charge is 2.35. The molecular formula is C22H25N3O4S. The van der Waals surface area contributed by atoms with Gasteiger partial charge in [-0.15, -0.1) is 11.8 Å². The molecule has 0 radical (unpaired) electrons. The van der Waals surface area contributed by atoms with Crippen molar-refractivity contribution in [2.24, 2.45) is 0 Å². The number of aromatic nitrogens is 1. The van der Waals surface area contributed by atoms with E-state index in [1.807, 2.05) is 38.1 Å². The van der Waals surface area contributed by atoms with Crippen molar-refractivity contribution < 1.29 is 19.1 Å². The molecule has 1 aliphatic heterocycles. The summed E-state index contributed by atoms with van der Waals surface area (Å²) < 4.78 is 10.7. The molecule has 2 heterocycles. The molecule has 0 bridgehead atoms. The lowest BCUT2D eigenvalue weighted by molar-refractivity contribution is -0.126. The van der Waals surface area contributed by atoms with Crippen LogP contribution in [-0.4, -0.2) is 47.0 Å². The minimum Gasteiger partial charge on any atom is -0.493 e. The van der Waals surface area contributed by atoms with Crippen molar-refractivity contribution in [1.82, 2.24) is 9.88 Å². The third-order valence-corrected chi connectivity index (χ3v) is 6.28. The van der Waals surface area contributed by atoms with E-state index in [4.69, 9.17) is 9.47 Å². The van der Waals surface area contributed by atoms with Gasteiger partial charge in [0.1, 0.15) is 11.2 Å². The Kier molecular flexibility index (Phi) is 6.99. The molecule has 0 saturated carbocycles. The SMILES string of the molecule is COc1ccc(CN2C(=O)C(C)=C(C)C2SCC(=O)Nc2ccccn2)cc1OC. The first kappa shape index (κ1) is 21.7. The van der Waals surface area contributed by atoms with Crippen molar-refractivity contribution in [3.8, 4) is 11.5 Å². The molecule has 30 heavy (non-hydrogen) atoms. The summed E-state index contributed by atoms with van der Waals surface area (Å²) in [6, 6.07) is 10.9. The van der Waals surface area contributed by atoms with E-state index in [0.717, 1.165) is 16.7 Å². The minimum atomic E-state index is -0.208. The first-order valence-electron chi connectivity index (χ1n) is 9.46. The molecule has 1 aromatic heterocycles. The number of amides is 2. The lowest BCUT2D eigenvalue weighted by Crippen LogP contribution is -2.34. The van der Waals surface area contributed by atoms with Gasteiger partial charge in [0.05, 0.1) is 20.0 Å². The van der Waals surface area contributed by atoms with E-state index >= 15 is 0 Å². The number of carbonyl (C=O) groups is 2. The maximum atomic E-state index is 12.8. The highest BCUT2D eigenvalue weighted by molar-refractivity contribution is 8.00. The second kappa shape index (κ2) is 9.67. The quantitative estimate of drug-likeness (QED) is 0.695. The molecule has 7 nitrogen and oxygen atoms in total. The normalized spacial score (nSPS) is 16.1. The molecular weight excluding hydrogens is 402 g/mol. The summed E-state index contributed by atoms with van der Waals surface area (Å²) >= 11 is 1.42. The maximum absolute atomic E-state index is 12.8. The van der Waals surface area contributed by atoms with E-state index in [-0.39, 0.29) is 22.9 Å². The van der Waals surface area contributed by atoms with Crippen LogP contribution in [0, 0.1) is 0 Å². The number of ether oxygens (including phenoxy) is 2. The second-order valence-corrected chi connectivity index (χ2v) is 7.93. The van der Waals surface area contributed by atoms with Crippen LogP contribution >= 0.6 is 11.8 Å². The number of carbonyl (C=O) groups excluding carboxylic acids is 2. The monoisotopic (exact) mass is 427 g/mol. The highest BCUT2D eigenvalue weighted by Crippen LogP contribution is 2.35. The van der Waals surface area contributed by atoms with E-state index in [9.17, 15) is 9.59 Å². The van der Waals surface area contributed by atoms with Gasteiger partial charge in [0.2, 0.25) is 5.91 Å². The molecule has 3 rings (SSSR count). The second-order valence-electron chi connectivity index (χ2n) is 6.86. The zero-order valence-electron chi connectivity index (χ0n) is 17.5. The Labute approximate surface area is 180 Å². The Morgan fingerprint density at radius 2 is 1.93 bits per heavy atom. The van der Waals surface area contributed by atoms with Crippen molar-refractivity contribution in [1.29, 1.82) is 0 Å². The molecule has 0 fully saturated rings. The topological polar surface area (TPSA) is 80.8 Å². The first-order valence-corrected chi connectivity index (χ1v) is 10.5. The summed E-state index contributed by atoms with van der Waals surface area (Å²) in [6.45, 7) is 4.18. The van der Waals surface area contributed by atoms with Gasteiger partial charge in [-0.3, -0.25) is 9.59 Å². The summed E-state index contributed by atoms with van der Waals surface area (Å²) in [6.07, 6.45) is 1.62. The lowest BCUT2D eigenvalue weighted by atomic mass is 10.2. The van der Waals surface area contributed by atoms with Crippen LogP contribution in [0.1, 0.15) is 19.4 Å². The summed E-state index contributed by atoms with van der Waals surface area (Å²) in [7, 11) is 3.16. The van der Waals surface area contributed by atoms with Crippen LogP contribution in [0.25, 0.3) is 0 Å². The summed E-state index contributed by atoms with van der Waals surface area (Å²) in [5.74, 6) is 1.79. The number of pyridine rings is 1. The van der Waals surface area contributed by atoms with Crippen molar-refractivity contribution in [3.05, 3.63) is 59.3 Å². The van der Waals surface area contributed by atoms with Crippen LogP contribution in [0.15, 0.2) is 53.7 Å². The molecule has 1 N–H and O–H groups in total. The fourth-order valence-electron chi connectivity index (χ4n) is 3.23. The molecule has 0 saturated heterocycles. The Morgan fingerprint density at radius 1 is 1.17 bits per heavy atom. The molecule has 1 atom stereocenters. The van der Waals surface area contributed by atoms with Crippen molar-refractivity contribution in [2.75, 3.05) is 25.3 Å². The summed E-state index contributed by atoms with van der Waals surface area (Å²) in [4.78, 5) is 31.1. The number of thioether (sulfide) groups is 1. The zero-order chi connectivity index (χ0) is 21.7. The molecule has 1 aromatic carbocycles. The largest absolute Gasteiger partial charge is 0.493 e. The number of hydrogen-bond donors (Lipinski definition) is 1. The Balaban J connectivity index is 1.70. The maximum Gasteiger partial charge on any atom is 0.251 e. The van der Waals surface area contributed by atoms with Gasteiger partial charge in [-0.25, -0.2) is 4.98 Å². The molecule has 158 valence electrons. The Hall–Kier alpha value is -3.00. The third-order valence-electron chi connectivity index (χ3n) is 4.93. The van der Waals surface area contributed by atoms with Gasteiger partial charge in [-0.1, -0.05) is 12.1 Å². The molecule has 1 aliphatic rings. The van der Waals surface area contributed by atoms with Crippen LogP contribution in [0.2, 0.25) is 0 Å².